The van der Waals surface area contributed by atoms with Crippen molar-refractivity contribution in [1.82, 2.24) is 24.0 Å². The number of aromatic nitrogens is 4. The number of amides is 1. The number of hydrogen-bond acceptors (Lipinski definition) is 9. The summed E-state index contributed by atoms with van der Waals surface area (Å²) in [6.45, 7) is 5.47. The number of benzene rings is 2. The normalized spacial score (nSPS) is 12.2. The zero-order chi connectivity index (χ0) is 30.8. The van der Waals surface area contributed by atoms with Crippen LogP contribution < -0.4 is 26.0 Å². The molecule has 2 aromatic heterocycles. The van der Waals surface area contributed by atoms with Crippen molar-refractivity contribution >= 4 is 40.0 Å². The van der Waals surface area contributed by atoms with Gasteiger partial charge in [-0.05, 0) is 50.7 Å². The summed E-state index contributed by atoms with van der Waals surface area (Å²) in [5.74, 6) is -0.359. The van der Waals surface area contributed by atoms with Crippen LogP contribution in [0.3, 0.4) is 0 Å². The van der Waals surface area contributed by atoms with E-state index in [0.29, 0.717) is 59.8 Å². The molecule has 0 fully saturated rings. The van der Waals surface area contributed by atoms with Crippen molar-refractivity contribution in [3.05, 3.63) is 70.5 Å². The minimum Gasteiger partial charge on any atom is -0.494 e. The SMILES string of the molecule is C=CC(=O)Nc1cc(Nc2ncc(C#N)c(-n3c(=O)n4c5c(cc(F)cc53)CCC4)n2)c(OC)cc1N(C)CCN(C)C. The van der Waals surface area contributed by atoms with Crippen LogP contribution in [0.4, 0.5) is 27.4 Å². The number of nitrogens with zero attached hydrogens (tertiary/aromatic N) is 7. The predicted molar refractivity (Wildman–Crippen MR) is 163 cm³/mol. The zero-order valence-corrected chi connectivity index (χ0v) is 24.4. The van der Waals surface area contributed by atoms with Crippen molar-refractivity contribution in [3.63, 3.8) is 0 Å². The summed E-state index contributed by atoms with van der Waals surface area (Å²) < 4.78 is 23.1. The van der Waals surface area contributed by atoms with Gasteiger partial charge < -0.3 is 25.2 Å². The number of imidazole rings is 1. The van der Waals surface area contributed by atoms with E-state index in [0.717, 1.165) is 12.1 Å². The summed E-state index contributed by atoms with van der Waals surface area (Å²) in [4.78, 5) is 38.7. The molecular formula is C30H32FN9O3. The maximum absolute atomic E-state index is 14.6. The number of hydrogen-bond donors (Lipinski definition) is 2. The Bertz CT molecular complexity index is 1840. The Kier molecular flexibility index (Phi) is 8.13. The van der Waals surface area contributed by atoms with Gasteiger partial charge in [0.05, 0.1) is 41.4 Å². The highest BCUT2D eigenvalue weighted by Crippen LogP contribution is 2.38. The van der Waals surface area contributed by atoms with E-state index in [9.17, 15) is 19.2 Å². The third-order valence-corrected chi connectivity index (χ3v) is 7.30. The molecule has 222 valence electrons. The van der Waals surface area contributed by atoms with Gasteiger partial charge in [0.2, 0.25) is 11.9 Å². The fourth-order valence-corrected chi connectivity index (χ4v) is 5.18. The molecule has 0 unspecified atom stereocenters. The highest BCUT2D eigenvalue weighted by Gasteiger charge is 2.25. The average Bonchev–Trinajstić information content (AvgIpc) is 3.27. The molecule has 12 nitrogen and oxygen atoms in total. The molecule has 43 heavy (non-hydrogen) atoms. The smallest absolute Gasteiger partial charge is 0.334 e. The van der Waals surface area contributed by atoms with Crippen LogP contribution in [0.1, 0.15) is 17.5 Å². The van der Waals surface area contributed by atoms with Gasteiger partial charge in [0, 0.05) is 38.8 Å². The molecule has 0 radical (unpaired) electrons. The van der Waals surface area contributed by atoms with E-state index in [-0.39, 0.29) is 17.3 Å². The number of methoxy groups -OCH3 is 1. The molecular weight excluding hydrogens is 553 g/mol. The first-order valence-corrected chi connectivity index (χ1v) is 13.6. The summed E-state index contributed by atoms with van der Waals surface area (Å²) in [6, 6.07) is 8.23. The summed E-state index contributed by atoms with van der Waals surface area (Å²) in [5.41, 5.74) is 2.94. The number of halogens is 1. The van der Waals surface area contributed by atoms with Crippen LogP contribution in [-0.4, -0.2) is 71.3 Å². The zero-order valence-electron chi connectivity index (χ0n) is 24.4. The first kappa shape index (κ1) is 29.3. The van der Waals surface area contributed by atoms with Crippen LogP contribution in [0.25, 0.3) is 16.9 Å². The Labute approximate surface area is 247 Å². The quantitative estimate of drug-likeness (QED) is 0.269. The van der Waals surface area contributed by atoms with Crippen LogP contribution in [0.2, 0.25) is 0 Å². The van der Waals surface area contributed by atoms with Gasteiger partial charge in [0.25, 0.3) is 0 Å². The second-order valence-corrected chi connectivity index (χ2v) is 10.5. The maximum Gasteiger partial charge on any atom is 0.334 e. The Morgan fingerprint density at radius 1 is 1.23 bits per heavy atom. The number of nitrogens with one attached hydrogen (secondary N) is 2. The predicted octanol–water partition coefficient (Wildman–Crippen LogP) is 3.41. The molecule has 5 rings (SSSR count). The summed E-state index contributed by atoms with van der Waals surface area (Å²) in [6.07, 6.45) is 3.82. The lowest BCUT2D eigenvalue weighted by atomic mass is 10.0. The van der Waals surface area contributed by atoms with E-state index in [4.69, 9.17) is 4.74 Å². The van der Waals surface area contributed by atoms with Gasteiger partial charge in [-0.1, -0.05) is 6.58 Å². The number of anilines is 4. The second-order valence-electron chi connectivity index (χ2n) is 10.5. The van der Waals surface area contributed by atoms with Gasteiger partial charge in [-0.2, -0.15) is 10.2 Å². The van der Waals surface area contributed by atoms with Crippen molar-refractivity contribution in [3.8, 4) is 17.6 Å². The van der Waals surface area contributed by atoms with Crippen LogP contribution in [-0.2, 0) is 17.8 Å². The molecule has 2 N–H and O–H groups in total. The lowest BCUT2D eigenvalue weighted by Crippen LogP contribution is -2.29. The van der Waals surface area contributed by atoms with Crippen LogP contribution in [0, 0.1) is 17.1 Å². The third kappa shape index (κ3) is 5.64. The van der Waals surface area contributed by atoms with Gasteiger partial charge in [-0.25, -0.2) is 18.7 Å². The minimum atomic E-state index is -0.476. The Balaban J connectivity index is 1.61. The highest BCUT2D eigenvalue weighted by atomic mass is 19.1. The highest BCUT2D eigenvalue weighted by molar-refractivity contribution is 6.02. The number of aryl methyl sites for hydroxylation is 2. The third-order valence-electron chi connectivity index (χ3n) is 7.30. The van der Waals surface area contributed by atoms with Gasteiger partial charge in [0.15, 0.2) is 5.82 Å². The van der Waals surface area contributed by atoms with Crippen LogP contribution >= 0.6 is 0 Å². The maximum atomic E-state index is 14.6. The van der Waals surface area contributed by atoms with Crippen molar-refractivity contribution < 1.29 is 13.9 Å². The molecule has 1 aliphatic rings. The molecule has 0 aliphatic carbocycles. The number of carbonyl (C=O) groups is 1. The molecule has 13 heteroatoms. The number of nitriles is 1. The van der Waals surface area contributed by atoms with Crippen molar-refractivity contribution in [2.45, 2.75) is 19.4 Å². The van der Waals surface area contributed by atoms with E-state index in [1.54, 1.807) is 16.7 Å². The topological polar surface area (TPSA) is 133 Å². The molecule has 0 saturated carbocycles. The largest absolute Gasteiger partial charge is 0.494 e. The summed E-state index contributed by atoms with van der Waals surface area (Å²) in [5, 5.41) is 15.8. The molecule has 4 aromatic rings. The Morgan fingerprint density at radius 2 is 2.02 bits per heavy atom. The fourth-order valence-electron chi connectivity index (χ4n) is 5.18. The van der Waals surface area contributed by atoms with Crippen LogP contribution in [0.15, 0.2) is 47.9 Å². The second kappa shape index (κ2) is 11.9. The Morgan fingerprint density at radius 3 is 2.72 bits per heavy atom. The lowest BCUT2D eigenvalue weighted by molar-refractivity contribution is -0.111. The molecule has 2 aromatic carbocycles. The number of rotatable bonds is 10. The van der Waals surface area contributed by atoms with Gasteiger partial charge in [0.1, 0.15) is 23.2 Å². The fraction of sp³-hybridized carbons (Fsp3) is 0.300. The first-order valence-electron chi connectivity index (χ1n) is 13.6. The molecule has 1 amide bonds. The van der Waals surface area contributed by atoms with E-state index in [2.05, 4.69) is 27.2 Å². The first-order chi connectivity index (χ1) is 20.6. The lowest BCUT2D eigenvalue weighted by Gasteiger charge is -2.26. The molecule has 0 saturated heterocycles. The van der Waals surface area contributed by atoms with Crippen molar-refractivity contribution in [1.29, 1.82) is 5.26 Å². The van der Waals surface area contributed by atoms with Gasteiger partial charge in [-0.3, -0.25) is 9.36 Å². The number of likely N-dealkylation sites (N-methyl/N-ethyl adjacent to an activating group) is 2. The van der Waals surface area contributed by atoms with E-state index in [1.807, 2.05) is 37.0 Å². The standard InChI is InChI=1S/C30H32FN9O3/c1-6-26(41)34-21-14-22(25(43-5)15-23(21)38(4)11-10-37(2)3)35-29-33-17-19(16-32)28(36-29)40-24-13-20(31)12-18-8-7-9-39(27(18)24)30(40)42/h6,12-15,17H,1,7-11H2,2-5H3,(H,34,41)(H,33,35,36). The molecule has 3 heterocycles. The summed E-state index contributed by atoms with van der Waals surface area (Å²) >= 11 is 0. The van der Waals surface area contributed by atoms with Gasteiger partial charge in [-0.15, -0.1) is 0 Å². The number of carbonyl (C=O) groups excluding carboxylic acids is 1. The van der Waals surface area contributed by atoms with E-state index in [1.165, 1.54) is 36.1 Å². The summed E-state index contributed by atoms with van der Waals surface area (Å²) in [7, 11) is 7.37. The van der Waals surface area contributed by atoms with Gasteiger partial charge >= 0.3 is 5.69 Å². The molecule has 0 spiro atoms. The minimum absolute atomic E-state index is 0.0198. The average molecular weight is 586 g/mol. The molecule has 0 atom stereocenters. The monoisotopic (exact) mass is 585 g/mol. The van der Waals surface area contributed by atoms with Crippen molar-refractivity contribution in [2.75, 3.05) is 56.9 Å². The van der Waals surface area contributed by atoms with E-state index < -0.39 is 17.4 Å². The number of ether oxygens (including phenoxy) is 1. The van der Waals surface area contributed by atoms with Crippen LogP contribution in [0.5, 0.6) is 5.75 Å². The van der Waals surface area contributed by atoms with E-state index >= 15 is 0 Å². The molecule has 1 aliphatic heterocycles. The Hall–Kier alpha value is -5.22. The molecule has 0 bridgehead atoms. The van der Waals surface area contributed by atoms with Crippen molar-refractivity contribution in [2.24, 2.45) is 0 Å².